The van der Waals surface area contributed by atoms with Crippen LogP contribution in [0.5, 0.6) is 0 Å². The number of H-pyrrole nitrogens is 1. The first-order valence-corrected chi connectivity index (χ1v) is 8.13. The summed E-state index contributed by atoms with van der Waals surface area (Å²) in [6.07, 6.45) is 2.05. The summed E-state index contributed by atoms with van der Waals surface area (Å²) < 4.78 is 0. The number of oxime groups is 1. The van der Waals surface area contributed by atoms with Gasteiger partial charge in [-0.25, -0.2) is 4.98 Å². The molecule has 0 aliphatic carbocycles. The van der Waals surface area contributed by atoms with Crippen LogP contribution >= 0.6 is 0 Å². The molecule has 1 atom stereocenters. The Morgan fingerprint density at radius 1 is 1.40 bits per heavy atom. The summed E-state index contributed by atoms with van der Waals surface area (Å²) >= 11 is 0. The summed E-state index contributed by atoms with van der Waals surface area (Å²) in [5, 5.41) is 3.84. The Morgan fingerprint density at radius 3 is 3.00 bits per heavy atom. The number of pyridine rings is 1. The molecule has 4 rings (SSSR count). The minimum absolute atomic E-state index is 0.118. The van der Waals surface area contributed by atoms with Crippen LogP contribution in [0.2, 0.25) is 0 Å². The Bertz CT molecular complexity index is 906. The second kappa shape index (κ2) is 6.12. The van der Waals surface area contributed by atoms with Crippen molar-refractivity contribution in [2.45, 2.75) is 32.4 Å². The van der Waals surface area contributed by atoms with Crippen LogP contribution in [0.25, 0.3) is 11.5 Å². The Hall–Kier alpha value is -3.03. The Kier molecular flexibility index (Phi) is 3.79. The smallest absolute Gasteiger partial charge is 0.267 e. The minimum Gasteiger partial charge on any atom is -0.382 e. The Morgan fingerprint density at radius 2 is 2.28 bits per heavy atom. The molecule has 1 amide bonds. The fourth-order valence-corrected chi connectivity index (χ4v) is 3.08. The van der Waals surface area contributed by atoms with Gasteiger partial charge in [-0.2, -0.15) is 0 Å². The van der Waals surface area contributed by atoms with Crippen molar-refractivity contribution >= 4 is 11.6 Å². The number of hydrogen-bond acceptors (Lipinski definition) is 6. The van der Waals surface area contributed by atoms with Gasteiger partial charge in [0.15, 0.2) is 5.82 Å². The monoisotopic (exact) mass is 339 g/mol. The molecule has 2 aromatic heterocycles. The molecule has 0 unspecified atom stereocenters. The normalized spacial score (nSPS) is 19.2. The predicted octanol–water partition coefficient (Wildman–Crippen LogP) is 0.881. The standard InChI is InChI=1S/C17H17N5O3/c1-10-8-14(25-21-10)17(24)22-7-5-11-13(9-22)19-15(20-16(11)23)12-4-2-3-6-18-12/h2-4,6,14H,5,7-9H2,1H3,(H,19,20,23)/t14-/m1/s1. The molecule has 128 valence electrons. The summed E-state index contributed by atoms with van der Waals surface area (Å²) in [5.74, 6) is 0.294. The molecule has 4 heterocycles. The van der Waals surface area contributed by atoms with E-state index in [-0.39, 0.29) is 18.0 Å². The minimum atomic E-state index is -0.571. The van der Waals surface area contributed by atoms with E-state index in [1.807, 2.05) is 13.0 Å². The maximum Gasteiger partial charge on any atom is 0.267 e. The Balaban J connectivity index is 1.61. The van der Waals surface area contributed by atoms with Crippen LogP contribution in [0.1, 0.15) is 24.6 Å². The van der Waals surface area contributed by atoms with Crippen LogP contribution in [0, 0.1) is 0 Å². The average molecular weight is 339 g/mol. The molecule has 0 aromatic carbocycles. The molecule has 2 aliphatic heterocycles. The number of fused-ring (bicyclic) bond motifs is 1. The maximum atomic E-state index is 12.6. The first-order chi connectivity index (χ1) is 12.1. The van der Waals surface area contributed by atoms with Gasteiger partial charge >= 0.3 is 0 Å². The number of carbonyl (C=O) groups excluding carboxylic acids is 1. The van der Waals surface area contributed by atoms with E-state index in [0.717, 1.165) is 5.71 Å². The average Bonchev–Trinajstić information content (AvgIpc) is 3.07. The predicted molar refractivity (Wildman–Crippen MR) is 89.8 cm³/mol. The van der Waals surface area contributed by atoms with Crippen molar-refractivity contribution < 1.29 is 9.63 Å². The third kappa shape index (κ3) is 2.90. The number of aromatic amines is 1. The lowest BCUT2D eigenvalue weighted by Gasteiger charge is -2.29. The van der Waals surface area contributed by atoms with E-state index in [1.54, 1.807) is 23.2 Å². The number of amides is 1. The second-order valence-corrected chi connectivity index (χ2v) is 6.19. The van der Waals surface area contributed by atoms with Gasteiger partial charge in [0.2, 0.25) is 6.10 Å². The highest BCUT2D eigenvalue weighted by Gasteiger charge is 2.33. The van der Waals surface area contributed by atoms with Gasteiger partial charge in [-0.3, -0.25) is 14.6 Å². The zero-order valence-electron chi connectivity index (χ0n) is 13.7. The highest BCUT2D eigenvalue weighted by molar-refractivity contribution is 5.91. The van der Waals surface area contributed by atoms with E-state index >= 15 is 0 Å². The molecule has 2 aliphatic rings. The number of rotatable bonds is 2. The zero-order chi connectivity index (χ0) is 17.4. The lowest BCUT2D eigenvalue weighted by atomic mass is 10.0. The van der Waals surface area contributed by atoms with Gasteiger partial charge in [0, 0.05) is 24.7 Å². The highest BCUT2D eigenvalue weighted by Crippen LogP contribution is 2.20. The van der Waals surface area contributed by atoms with Crippen molar-refractivity contribution in [1.82, 2.24) is 19.9 Å². The van der Waals surface area contributed by atoms with Crippen LogP contribution < -0.4 is 5.56 Å². The van der Waals surface area contributed by atoms with Crippen molar-refractivity contribution in [3.8, 4) is 11.5 Å². The topological polar surface area (TPSA) is 101 Å². The van der Waals surface area contributed by atoms with Gasteiger partial charge < -0.3 is 14.7 Å². The highest BCUT2D eigenvalue weighted by atomic mass is 16.6. The van der Waals surface area contributed by atoms with E-state index in [4.69, 9.17) is 4.84 Å². The molecule has 2 aromatic rings. The molecule has 0 saturated heterocycles. The van der Waals surface area contributed by atoms with Gasteiger partial charge in [-0.15, -0.1) is 0 Å². The van der Waals surface area contributed by atoms with Gasteiger partial charge in [-0.05, 0) is 25.5 Å². The fraction of sp³-hybridized carbons (Fsp3) is 0.353. The van der Waals surface area contributed by atoms with Crippen LogP contribution in [0.3, 0.4) is 0 Å². The van der Waals surface area contributed by atoms with E-state index in [2.05, 4.69) is 20.1 Å². The molecule has 0 radical (unpaired) electrons. The SMILES string of the molecule is CC1=NO[C@@H](C(=O)N2CCc3c(nc(-c4ccccn4)[nH]c3=O)C2)C1. The summed E-state index contributed by atoms with van der Waals surface area (Å²) in [5.41, 5.74) is 2.47. The molecule has 0 bridgehead atoms. The lowest BCUT2D eigenvalue weighted by molar-refractivity contribution is -0.143. The molecule has 8 nitrogen and oxygen atoms in total. The largest absolute Gasteiger partial charge is 0.382 e. The first-order valence-electron chi connectivity index (χ1n) is 8.13. The molecule has 8 heteroatoms. The van der Waals surface area contributed by atoms with Gasteiger partial charge in [0.1, 0.15) is 5.69 Å². The quantitative estimate of drug-likeness (QED) is 0.875. The van der Waals surface area contributed by atoms with E-state index in [1.165, 1.54) is 0 Å². The fourth-order valence-electron chi connectivity index (χ4n) is 3.08. The second-order valence-electron chi connectivity index (χ2n) is 6.19. The number of carbonyl (C=O) groups is 1. The summed E-state index contributed by atoms with van der Waals surface area (Å²) in [4.78, 5) is 43.4. The Labute approximate surface area is 143 Å². The van der Waals surface area contributed by atoms with E-state index in [0.29, 0.717) is 42.2 Å². The maximum absolute atomic E-state index is 12.6. The van der Waals surface area contributed by atoms with E-state index < -0.39 is 6.10 Å². The van der Waals surface area contributed by atoms with Crippen LogP contribution in [0.15, 0.2) is 34.3 Å². The number of hydrogen-bond donors (Lipinski definition) is 1. The van der Waals surface area contributed by atoms with Gasteiger partial charge in [-0.1, -0.05) is 11.2 Å². The molecule has 1 N–H and O–H groups in total. The van der Waals surface area contributed by atoms with Crippen molar-refractivity contribution in [2.24, 2.45) is 5.16 Å². The zero-order valence-corrected chi connectivity index (χ0v) is 13.7. The molecule has 0 saturated carbocycles. The van der Waals surface area contributed by atoms with Crippen molar-refractivity contribution in [1.29, 1.82) is 0 Å². The summed E-state index contributed by atoms with van der Waals surface area (Å²) in [6.45, 7) is 2.59. The van der Waals surface area contributed by atoms with Crippen LogP contribution in [-0.2, 0) is 22.6 Å². The molecule has 25 heavy (non-hydrogen) atoms. The first kappa shape index (κ1) is 15.5. The molecular formula is C17H17N5O3. The molecule has 0 fully saturated rings. The van der Waals surface area contributed by atoms with E-state index in [9.17, 15) is 9.59 Å². The number of aromatic nitrogens is 3. The van der Waals surface area contributed by atoms with Crippen molar-refractivity contribution in [3.63, 3.8) is 0 Å². The molecular weight excluding hydrogens is 322 g/mol. The van der Waals surface area contributed by atoms with Crippen molar-refractivity contribution in [2.75, 3.05) is 6.54 Å². The summed E-state index contributed by atoms with van der Waals surface area (Å²) in [6, 6.07) is 5.41. The third-order valence-corrected chi connectivity index (χ3v) is 4.38. The van der Waals surface area contributed by atoms with Gasteiger partial charge in [0.05, 0.1) is 18.0 Å². The van der Waals surface area contributed by atoms with Crippen LogP contribution in [-0.4, -0.2) is 44.1 Å². The van der Waals surface area contributed by atoms with Crippen LogP contribution in [0.4, 0.5) is 0 Å². The third-order valence-electron chi connectivity index (χ3n) is 4.38. The van der Waals surface area contributed by atoms with Gasteiger partial charge in [0.25, 0.3) is 11.5 Å². The lowest BCUT2D eigenvalue weighted by Crippen LogP contribution is -2.44. The summed E-state index contributed by atoms with van der Waals surface area (Å²) in [7, 11) is 0. The number of nitrogens with zero attached hydrogens (tertiary/aromatic N) is 4. The van der Waals surface area contributed by atoms with Crippen molar-refractivity contribution in [3.05, 3.63) is 46.0 Å². The molecule has 0 spiro atoms. The number of nitrogens with one attached hydrogen (secondary N) is 1.